The number of methoxy groups -OCH3 is 1. The van der Waals surface area contributed by atoms with Gasteiger partial charge in [-0.15, -0.1) is 0 Å². The summed E-state index contributed by atoms with van der Waals surface area (Å²) in [6.07, 6.45) is 3.21. The minimum absolute atomic E-state index is 0.253. The van der Waals surface area contributed by atoms with Crippen molar-refractivity contribution < 1.29 is 14.3 Å². The van der Waals surface area contributed by atoms with E-state index in [1.807, 2.05) is 11.2 Å². The lowest BCUT2D eigenvalue weighted by Gasteiger charge is -2.47. The summed E-state index contributed by atoms with van der Waals surface area (Å²) in [5.74, 6) is 0.833. The van der Waals surface area contributed by atoms with Crippen LogP contribution >= 0.6 is 11.8 Å². The van der Waals surface area contributed by atoms with E-state index < -0.39 is 0 Å². The number of amides is 1. The average Bonchev–Trinajstić information content (AvgIpc) is 2.44. The molecule has 0 N–H and O–H groups in total. The third-order valence-corrected chi connectivity index (χ3v) is 4.44. The highest BCUT2D eigenvalue weighted by atomic mass is 32.2. The van der Waals surface area contributed by atoms with Crippen molar-refractivity contribution in [1.82, 2.24) is 9.80 Å². The van der Waals surface area contributed by atoms with Crippen molar-refractivity contribution in [2.45, 2.75) is 18.6 Å². The highest BCUT2D eigenvalue weighted by Crippen LogP contribution is 2.23. The molecule has 2 fully saturated rings. The Bertz CT molecular complexity index is 304. The average molecular weight is 288 g/mol. The van der Waals surface area contributed by atoms with Crippen molar-refractivity contribution >= 4 is 17.7 Å². The normalized spacial score (nSPS) is 28.2. The largest absolute Gasteiger partial charge is 0.383 e. The minimum atomic E-state index is 0.253. The molecular formula is C13H24N2O3S. The number of fused-ring (bicyclic) bond motifs is 1. The van der Waals surface area contributed by atoms with Crippen molar-refractivity contribution in [3.05, 3.63) is 0 Å². The van der Waals surface area contributed by atoms with E-state index in [2.05, 4.69) is 4.90 Å². The van der Waals surface area contributed by atoms with Crippen molar-refractivity contribution in [3.8, 4) is 0 Å². The summed E-state index contributed by atoms with van der Waals surface area (Å²) in [6, 6.07) is 0.337. The Hall–Kier alpha value is -0.300. The third kappa shape index (κ3) is 3.84. The summed E-state index contributed by atoms with van der Waals surface area (Å²) < 4.78 is 11.0. The summed E-state index contributed by atoms with van der Waals surface area (Å²) in [5.41, 5.74) is 0. The summed E-state index contributed by atoms with van der Waals surface area (Å²) in [5, 5.41) is 0. The fourth-order valence-corrected chi connectivity index (χ4v) is 3.30. The van der Waals surface area contributed by atoms with Gasteiger partial charge < -0.3 is 14.4 Å². The van der Waals surface area contributed by atoms with Gasteiger partial charge in [-0.25, -0.2) is 0 Å². The number of thioether (sulfide) groups is 1. The number of carbonyl (C=O) groups is 1. The van der Waals surface area contributed by atoms with Gasteiger partial charge in [-0.05, 0) is 12.7 Å². The maximum atomic E-state index is 12.0. The first-order chi connectivity index (χ1) is 9.26. The summed E-state index contributed by atoms with van der Waals surface area (Å²) >= 11 is 1.59. The summed E-state index contributed by atoms with van der Waals surface area (Å²) in [4.78, 5) is 16.4. The van der Waals surface area contributed by atoms with Gasteiger partial charge in [0.25, 0.3) is 0 Å². The zero-order chi connectivity index (χ0) is 13.7. The molecule has 0 saturated carbocycles. The van der Waals surface area contributed by atoms with Crippen molar-refractivity contribution in [1.29, 1.82) is 0 Å². The molecule has 2 rings (SSSR count). The number of rotatable bonds is 5. The Morgan fingerprint density at radius 3 is 3.05 bits per heavy atom. The second-order valence-corrected chi connectivity index (χ2v) is 5.93. The number of hydrogen-bond donors (Lipinski definition) is 0. The van der Waals surface area contributed by atoms with Crippen molar-refractivity contribution in [2.75, 3.05) is 58.5 Å². The van der Waals surface area contributed by atoms with E-state index in [0.717, 1.165) is 45.8 Å². The first-order valence-corrected chi connectivity index (χ1v) is 8.27. The van der Waals surface area contributed by atoms with E-state index in [9.17, 15) is 4.79 Å². The van der Waals surface area contributed by atoms with Gasteiger partial charge >= 0.3 is 0 Å². The second-order valence-electron chi connectivity index (χ2n) is 5.07. The second kappa shape index (κ2) is 7.47. The minimum Gasteiger partial charge on any atom is -0.383 e. The predicted molar refractivity (Wildman–Crippen MR) is 76.6 cm³/mol. The highest BCUT2D eigenvalue weighted by Gasteiger charge is 2.37. The lowest BCUT2D eigenvalue weighted by Crippen LogP contribution is -2.61. The molecule has 0 unspecified atom stereocenters. The molecule has 5 nitrogen and oxygen atoms in total. The number of ether oxygens (including phenoxy) is 2. The summed E-state index contributed by atoms with van der Waals surface area (Å²) in [7, 11) is 1.73. The molecule has 2 heterocycles. The first-order valence-electron chi connectivity index (χ1n) is 6.87. The van der Waals surface area contributed by atoms with Gasteiger partial charge in [0.05, 0.1) is 31.1 Å². The van der Waals surface area contributed by atoms with Crippen molar-refractivity contribution in [2.24, 2.45) is 0 Å². The SMILES string of the molecule is COCCN1CCO[C@@H]2CCN(C(=O)CSC)C[C@H]21. The standard InChI is InChI=1S/C13H24N2O3S/c1-17-7-5-14-6-8-18-12-3-4-15(9-11(12)14)13(16)10-19-2/h11-12H,3-10H2,1-2H3/t11-,12-/m1/s1. The molecule has 2 saturated heterocycles. The maximum Gasteiger partial charge on any atom is 0.232 e. The molecule has 1 amide bonds. The van der Waals surface area contributed by atoms with Gasteiger partial charge in [0.1, 0.15) is 0 Å². The number of morpholine rings is 1. The van der Waals surface area contributed by atoms with Gasteiger partial charge in [-0.1, -0.05) is 0 Å². The van der Waals surface area contributed by atoms with Crippen LogP contribution in [0.25, 0.3) is 0 Å². The molecule has 19 heavy (non-hydrogen) atoms. The molecule has 0 aromatic carbocycles. The lowest BCUT2D eigenvalue weighted by atomic mass is 9.98. The molecule has 0 aromatic heterocycles. The van der Waals surface area contributed by atoms with Crippen LogP contribution in [-0.4, -0.2) is 86.4 Å². The van der Waals surface area contributed by atoms with E-state index in [0.29, 0.717) is 11.8 Å². The fraction of sp³-hybridized carbons (Fsp3) is 0.923. The Morgan fingerprint density at radius 1 is 1.47 bits per heavy atom. The Kier molecular flexibility index (Phi) is 5.94. The highest BCUT2D eigenvalue weighted by molar-refractivity contribution is 7.99. The zero-order valence-corrected chi connectivity index (χ0v) is 12.7. The van der Waals surface area contributed by atoms with E-state index in [-0.39, 0.29) is 12.0 Å². The first kappa shape index (κ1) is 15.1. The van der Waals surface area contributed by atoms with Gasteiger partial charge in [-0.2, -0.15) is 11.8 Å². The predicted octanol–water partition coefficient (Wildman–Crippen LogP) is 0.298. The zero-order valence-electron chi connectivity index (χ0n) is 11.8. The van der Waals surface area contributed by atoms with Crippen LogP contribution in [0, 0.1) is 0 Å². The molecule has 2 aliphatic heterocycles. The van der Waals surface area contributed by atoms with Crippen LogP contribution < -0.4 is 0 Å². The molecule has 0 radical (unpaired) electrons. The molecule has 2 atom stereocenters. The van der Waals surface area contributed by atoms with Crippen LogP contribution in [0.5, 0.6) is 0 Å². The number of piperidine rings is 1. The quantitative estimate of drug-likeness (QED) is 0.728. The van der Waals surface area contributed by atoms with Gasteiger partial charge in [0.2, 0.25) is 5.91 Å². The molecular weight excluding hydrogens is 264 g/mol. The number of hydrogen-bond acceptors (Lipinski definition) is 5. The Balaban J connectivity index is 1.94. The molecule has 0 aromatic rings. The molecule has 0 spiro atoms. The smallest absolute Gasteiger partial charge is 0.232 e. The van der Waals surface area contributed by atoms with Gasteiger partial charge in [0, 0.05) is 33.3 Å². The van der Waals surface area contributed by atoms with Crippen molar-refractivity contribution in [3.63, 3.8) is 0 Å². The third-order valence-electron chi connectivity index (χ3n) is 3.90. The monoisotopic (exact) mass is 288 g/mol. The van der Waals surface area contributed by atoms with Crippen LogP contribution in [0.4, 0.5) is 0 Å². The Labute approximate surface area is 119 Å². The van der Waals surface area contributed by atoms with Crippen LogP contribution in [0.1, 0.15) is 6.42 Å². The topological polar surface area (TPSA) is 42.0 Å². The molecule has 2 aliphatic rings. The number of likely N-dealkylation sites (tertiary alicyclic amines) is 1. The number of nitrogens with zero attached hydrogens (tertiary/aromatic N) is 2. The molecule has 0 aliphatic carbocycles. The van der Waals surface area contributed by atoms with E-state index in [1.165, 1.54) is 0 Å². The molecule has 6 heteroatoms. The lowest BCUT2D eigenvalue weighted by molar-refractivity contribution is -0.140. The summed E-state index contributed by atoms with van der Waals surface area (Å²) in [6.45, 7) is 5.03. The van der Waals surface area contributed by atoms with Crippen LogP contribution in [-0.2, 0) is 14.3 Å². The molecule has 110 valence electrons. The van der Waals surface area contributed by atoms with Gasteiger partial charge in [-0.3, -0.25) is 9.69 Å². The maximum absolute atomic E-state index is 12.0. The van der Waals surface area contributed by atoms with E-state index in [4.69, 9.17) is 9.47 Å². The Morgan fingerprint density at radius 2 is 2.32 bits per heavy atom. The van der Waals surface area contributed by atoms with Crippen LogP contribution in [0.3, 0.4) is 0 Å². The van der Waals surface area contributed by atoms with Gasteiger partial charge in [0.15, 0.2) is 0 Å². The van der Waals surface area contributed by atoms with E-state index >= 15 is 0 Å². The van der Waals surface area contributed by atoms with Crippen LogP contribution in [0.2, 0.25) is 0 Å². The van der Waals surface area contributed by atoms with E-state index in [1.54, 1.807) is 18.9 Å². The molecule has 0 bridgehead atoms. The van der Waals surface area contributed by atoms with Crippen LogP contribution in [0.15, 0.2) is 0 Å². The number of carbonyl (C=O) groups excluding carboxylic acids is 1. The fourth-order valence-electron chi connectivity index (χ4n) is 2.87.